The van der Waals surface area contributed by atoms with E-state index in [1.807, 2.05) is 29.2 Å². The van der Waals surface area contributed by atoms with Crippen molar-refractivity contribution in [2.45, 2.75) is 25.4 Å². The third-order valence-corrected chi connectivity index (χ3v) is 5.42. The number of carbonyl (C=O) groups is 3. The molecule has 0 bridgehead atoms. The fourth-order valence-electron chi connectivity index (χ4n) is 3.93. The first-order valence-electron chi connectivity index (χ1n) is 10.6. The summed E-state index contributed by atoms with van der Waals surface area (Å²) in [7, 11) is 0. The number of hydrogen-bond acceptors (Lipinski definition) is 5. The molecule has 0 aliphatic carbocycles. The lowest BCUT2D eigenvalue weighted by Crippen LogP contribution is -2.53. The quantitative estimate of drug-likeness (QED) is 0.791. The van der Waals surface area contributed by atoms with Gasteiger partial charge in [-0.2, -0.15) is 0 Å². The lowest BCUT2D eigenvalue weighted by Gasteiger charge is -2.38. The Morgan fingerprint density at radius 1 is 0.935 bits per heavy atom. The zero-order chi connectivity index (χ0) is 21.6. The Bertz CT molecular complexity index is 944. The largest absolute Gasteiger partial charge is 0.477 e. The second-order valence-electron chi connectivity index (χ2n) is 7.71. The predicted molar refractivity (Wildman–Crippen MR) is 117 cm³/mol. The number of urea groups is 1. The van der Waals surface area contributed by atoms with Crippen LogP contribution in [-0.4, -0.2) is 55.0 Å². The summed E-state index contributed by atoms with van der Waals surface area (Å²) in [6.07, 6.45) is 2.45. The molecule has 0 aromatic heterocycles. The van der Waals surface area contributed by atoms with E-state index in [1.54, 1.807) is 35.2 Å². The highest BCUT2D eigenvalue weighted by atomic mass is 16.5. The van der Waals surface area contributed by atoms with Gasteiger partial charge >= 0.3 is 6.03 Å². The Kier molecular flexibility index (Phi) is 6.35. The van der Waals surface area contributed by atoms with Gasteiger partial charge in [0.2, 0.25) is 5.91 Å². The molecule has 0 unspecified atom stereocenters. The van der Waals surface area contributed by atoms with Crippen LogP contribution in [0.4, 0.5) is 16.2 Å². The van der Waals surface area contributed by atoms with Crippen LogP contribution in [0.15, 0.2) is 54.6 Å². The van der Waals surface area contributed by atoms with Gasteiger partial charge in [-0.25, -0.2) is 4.79 Å². The number of piperidine rings is 1. The van der Waals surface area contributed by atoms with Gasteiger partial charge in [-0.05, 0) is 43.5 Å². The van der Waals surface area contributed by atoms with E-state index in [0.717, 1.165) is 38.0 Å². The molecule has 8 nitrogen and oxygen atoms in total. The number of para-hydroxylation sites is 3. The third-order valence-electron chi connectivity index (χ3n) is 5.42. The summed E-state index contributed by atoms with van der Waals surface area (Å²) in [6, 6.07) is 15.6. The Balaban J connectivity index is 1.41. The van der Waals surface area contributed by atoms with Crippen molar-refractivity contribution in [3.63, 3.8) is 0 Å². The van der Waals surface area contributed by atoms with Crippen LogP contribution in [0, 0.1) is 0 Å². The SMILES string of the molecule is O=C(CN1C[C@@H](C(=O)N2CCCCC2)Oc2ccccc21)NC(=O)Nc1ccccc1. The molecule has 1 atom stereocenters. The number of rotatable bonds is 4. The van der Waals surface area contributed by atoms with Crippen LogP contribution in [0.1, 0.15) is 19.3 Å². The topological polar surface area (TPSA) is 91.0 Å². The number of nitrogens with zero attached hydrogens (tertiary/aromatic N) is 2. The normalized spacial score (nSPS) is 17.9. The minimum atomic E-state index is -0.682. The van der Waals surface area contributed by atoms with Crippen molar-refractivity contribution in [1.82, 2.24) is 10.2 Å². The van der Waals surface area contributed by atoms with Crippen molar-refractivity contribution in [3.8, 4) is 5.75 Å². The number of nitrogens with one attached hydrogen (secondary N) is 2. The van der Waals surface area contributed by atoms with E-state index in [-0.39, 0.29) is 19.0 Å². The minimum absolute atomic E-state index is 0.0542. The number of imide groups is 1. The van der Waals surface area contributed by atoms with Gasteiger partial charge in [0.25, 0.3) is 5.91 Å². The van der Waals surface area contributed by atoms with Crippen molar-refractivity contribution in [3.05, 3.63) is 54.6 Å². The van der Waals surface area contributed by atoms with Crippen LogP contribution < -0.4 is 20.3 Å². The number of ether oxygens (including phenoxy) is 1. The summed E-state index contributed by atoms with van der Waals surface area (Å²) in [4.78, 5) is 41.3. The third kappa shape index (κ3) is 5.14. The molecule has 0 spiro atoms. The van der Waals surface area contributed by atoms with E-state index in [4.69, 9.17) is 4.74 Å². The lowest BCUT2D eigenvalue weighted by atomic mass is 10.1. The lowest BCUT2D eigenvalue weighted by molar-refractivity contribution is -0.139. The van der Waals surface area contributed by atoms with Crippen LogP contribution in [0.2, 0.25) is 0 Å². The van der Waals surface area contributed by atoms with Gasteiger partial charge in [0.1, 0.15) is 5.75 Å². The van der Waals surface area contributed by atoms with Crippen LogP contribution >= 0.6 is 0 Å². The van der Waals surface area contributed by atoms with Gasteiger partial charge in [-0.1, -0.05) is 30.3 Å². The number of fused-ring (bicyclic) bond motifs is 1. The number of anilines is 2. The van der Waals surface area contributed by atoms with Crippen molar-refractivity contribution >= 4 is 29.2 Å². The molecule has 2 aliphatic rings. The van der Waals surface area contributed by atoms with Crippen LogP contribution in [0.5, 0.6) is 5.75 Å². The van der Waals surface area contributed by atoms with Crippen LogP contribution in [-0.2, 0) is 9.59 Å². The summed E-state index contributed by atoms with van der Waals surface area (Å²) >= 11 is 0. The summed E-state index contributed by atoms with van der Waals surface area (Å²) in [6.45, 7) is 1.66. The summed E-state index contributed by atoms with van der Waals surface area (Å²) in [5.74, 6) is 0.0429. The molecule has 0 radical (unpaired) electrons. The van der Waals surface area contributed by atoms with E-state index >= 15 is 0 Å². The molecule has 1 saturated heterocycles. The Labute approximate surface area is 181 Å². The molecule has 0 saturated carbocycles. The second-order valence-corrected chi connectivity index (χ2v) is 7.71. The van der Waals surface area contributed by atoms with Gasteiger partial charge in [0.05, 0.1) is 18.8 Å². The standard InChI is InChI=1S/C23H26N4O4/c28-21(25-23(30)24-17-9-3-1-4-10-17)16-27-15-20(22(29)26-13-7-2-8-14-26)31-19-12-6-5-11-18(19)27/h1,3-6,9-12,20H,2,7-8,13-16H2,(H2,24,25,28,30)/t20-/m0/s1. The Hall–Kier alpha value is -3.55. The summed E-state index contributed by atoms with van der Waals surface area (Å²) in [5, 5.41) is 4.97. The number of carbonyl (C=O) groups excluding carboxylic acids is 3. The number of likely N-dealkylation sites (tertiary alicyclic amines) is 1. The summed E-state index contributed by atoms with van der Waals surface area (Å²) in [5.41, 5.74) is 1.32. The number of amides is 4. The second kappa shape index (κ2) is 9.51. The zero-order valence-electron chi connectivity index (χ0n) is 17.3. The van der Waals surface area contributed by atoms with Crippen molar-refractivity contribution in [2.24, 2.45) is 0 Å². The number of hydrogen-bond donors (Lipinski definition) is 2. The maximum absolute atomic E-state index is 13.0. The predicted octanol–water partition coefficient (Wildman–Crippen LogP) is 2.61. The van der Waals surface area contributed by atoms with Crippen molar-refractivity contribution in [1.29, 1.82) is 0 Å². The van der Waals surface area contributed by atoms with Crippen LogP contribution in [0.25, 0.3) is 0 Å². The van der Waals surface area contributed by atoms with Crippen molar-refractivity contribution < 1.29 is 19.1 Å². The summed E-state index contributed by atoms with van der Waals surface area (Å²) < 4.78 is 5.97. The average molecular weight is 422 g/mol. The maximum atomic E-state index is 13.0. The first-order valence-corrected chi connectivity index (χ1v) is 10.6. The molecule has 2 heterocycles. The highest BCUT2D eigenvalue weighted by Gasteiger charge is 2.34. The molecule has 2 aromatic rings. The smallest absolute Gasteiger partial charge is 0.325 e. The average Bonchev–Trinajstić information content (AvgIpc) is 2.79. The zero-order valence-corrected chi connectivity index (χ0v) is 17.3. The molecule has 162 valence electrons. The first kappa shape index (κ1) is 20.7. The monoisotopic (exact) mass is 422 g/mol. The molecule has 4 amide bonds. The fraction of sp³-hybridized carbons (Fsp3) is 0.348. The molecule has 8 heteroatoms. The van der Waals surface area contributed by atoms with Gasteiger partial charge in [0.15, 0.2) is 6.10 Å². The molecule has 2 aromatic carbocycles. The van der Waals surface area contributed by atoms with E-state index in [1.165, 1.54) is 0 Å². The van der Waals surface area contributed by atoms with E-state index in [0.29, 0.717) is 11.4 Å². The van der Waals surface area contributed by atoms with Gasteiger partial charge in [-0.15, -0.1) is 0 Å². The Morgan fingerprint density at radius 2 is 1.65 bits per heavy atom. The highest BCUT2D eigenvalue weighted by molar-refractivity contribution is 6.02. The highest BCUT2D eigenvalue weighted by Crippen LogP contribution is 2.33. The molecule has 31 heavy (non-hydrogen) atoms. The molecule has 2 aliphatic heterocycles. The maximum Gasteiger partial charge on any atom is 0.325 e. The molecular weight excluding hydrogens is 396 g/mol. The first-order chi connectivity index (χ1) is 15.1. The van der Waals surface area contributed by atoms with Gasteiger partial charge in [-0.3, -0.25) is 14.9 Å². The van der Waals surface area contributed by atoms with Gasteiger partial charge in [0, 0.05) is 18.8 Å². The molecule has 2 N–H and O–H groups in total. The van der Waals surface area contributed by atoms with E-state index in [2.05, 4.69) is 10.6 Å². The fourth-order valence-corrected chi connectivity index (χ4v) is 3.93. The van der Waals surface area contributed by atoms with Crippen LogP contribution in [0.3, 0.4) is 0 Å². The van der Waals surface area contributed by atoms with E-state index in [9.17, 15) is 14.4 Å². The number of benzene rings is 2. The molecule has 4 rings (SSSR count). The van der Waals surface area contributed by atoms with E-state index < -0.39 is 18.0 Å². The molecule has 1 fully saturated rings. The molecular formula is C23H26N4O4. The Morgan fingerprint density at radius 3 is 2.42 bits per heavy atom. The van der Waals surface area contributed by atoms with Gasteiger partial charge < -0.3 is 19.9 Å². The van der Waals surface area contributed by atoms with Crippen molar-refractivity contribution in [2.75, 3.05) is 36.4 Å². The minimum Gasteiger partial charge on any atom is -0.477 e.